The van der Waals surface area contributed by atoms with Crippen molar-refractivity contribution < 1.29 is 19.8 Å². The SMILES string of the molecule is O=C(NN1CCCCC1)c1nc(-c2ccc(Cl)cc2Cl)n(-c2ccc(C#CCCO[N+](=O)[O-])cc2)c1CO. The molecule has 198 valence electrons. The predicted molar refractivity (Wildman–Crippen MR) is 142 cm³/mol. The Morgan fingerprint density at radius 1 is 1.16 bits per heavy atom. The van der Waals surface area contributed by atoms with E-state index < -0.39 is 17.6 Å². The van der Waals surface area contributed by atoms with E-state index >= 15 is 0 Å². The summed E-state index contributed by atoms with van der Waals surface area (Å²) in [7, 11) is 0. The van der Waals surface area contributed by atoms with Crippen molar-refractivity contribution in [2.75, 3.05) is 19.7 Å². The van der Waals surface area contributed by atoms with E-state index in [0.29, 0.717) is 38.4 Å². The van der Waals surface area contributed by atoms with Crippen LogP contribution in [0.1, 0.15) is 47.4 Å². The van der Waals surface area contributed by atoms with Gasteiger partial charge < -0.3 is 9.94 Å². The number of amides is 1. The van der Waals surface area contributed by atoms with Crippen molar-refractivity contribution in [3.8, 4) is 28.9 Å². The molecule has 10 nitrogen and oxygen atoms in total. The summed E-state index contributed by atoms with van der Waals surface area (Å²) < 4.78 is 1.68. The van der Waals surface area contributed by atoms with E-state index in [0.717, 1.165) is 32.4 Å². The number of imidazole rings is 1. The topological polar surface area (TPSA) is 123 Å². The monoisotopic (exact) mass is 557 g/mol. The first kappa shape index (κ1) is 27.4. The number of nitrogens with zero attached hydrogens (tertiary/aromatic N) is 4. The lowest BCUT2D eigenvalue weighted by Gasteiger charge is -2.26. The summed E-state index contributed by atoms with van der Waals surface area (Å²) in [5.41, 5.74) is 5.14. The zero-order valence-corrected chi connectivity index (χ0v) is 21.8. The molecule has 1 aliphatic heterocycles. The third kappa shape index (κ3) is 6.62. The van der Waals surface area contributed by atoms with Crippen molar-refractivity contribution in [1.29, 1.82) is 0 Å². The molecule has 0 aliphatic carbocycles. The second-order valence-corrected chi connectivity index (χ2v) is 9.34. The van der Waals surface area contributed by atoms with Crippen molar-refractivity contribution >= 4 is 29.1 Å². The highest BCUT2D eigenvalue weighted by atomic mass is 35.5. The molecular formula is C26H25Cl2N5O5. The van der Waals surface area contributed by atoms with Crippen molar-refractivity contribution in [3.63, 3.8) is 0 Å². The fourth-order valence-corrected chi connectivity index (χ4v) is 4.64. The number of piperidine rings is 1. The molecule has 0 unspecified atom stereocenters. The van der Waals surface area contributed by atoms with Crippen LogP contribution in [0.5, 0.6) is 0 Å². The van der Waals surface area contributed by atoms with Crippen LogP contribution in [0.4, 0.5) is 0 Å². The molecule has 12 heteroatoms. The fourth-order valence-electron chi connectivity index (χ4n) is 4.14. The van der Waals surface area contributed by atoms with Gasteiger partial charge in [0.05, 0.1) is 17.3 Å². The van der Waals surface area contributed by atoms with Gasteiger partial charge in [-0.3, -0.25) is 14.8 Å². The van der Waals surface area contributed by atoms with Crippen LogP contribution in [0.25, 0.3) is 17.1 Å². The van der Waals surface area contributed by atoms with E-state index in [9.17, 15) is 20.0 Å². The number of hydrazine groups is 1. The van der Waals surface area contributed by atoms with Gasteiger partial charge in [0.15, 0.2) is 5.69 Å². The second kappa shape index (κ2) is 12.8. The number of carbonyl (C=O) groups excluding carboxylic acids is 1. The summed E-state index contributed by atoms with van der Waals surface area (Å²) in [5.74, 6) is 5.70. The van der Waals surface area contributed by atoms with Crippen molar-refractivity contribution in [1.82, 2.24) is 20.0 Å². The Morgan fingerprint density at radius 2 is 1.89 bits per heavy atom. The zero-order valence-electron chi connectivity index (χ0n) is 20.3. The summed E-state index contributed by atoms with van der Waals surface area (Å²) in [6.45, 7) is 0.939. The van der Waals surface area contributed by atoms with Gasteiger partial charge in [-0.2, -0.15) is 0 Å². The first-order chi connectivity index (χ1) is 18.4. The van der Waals surface area contributed by atoms with E-state index in [4.69, 9.17) is 23.2 Å². The first-order valence-corrected chi connectivity index (χ1v) is 12.7. The smallest absolute Gasteiger partial charge is 0.294 e. The minimum absolute atomic E-state index is 0.0914. The summed E-state index contributed by atoms with van der Waals surface area (Å²) in [6, 6.07) is 12.1. The number of hydrogen-bond donors (Lipinski definition) is 2. The van der Waals surface area contributed by atoms with Crippen LogP contribution in [0.15, 0.2) is 42.5 Å². The van der Waals surface area contributed by atoms with Crippen LogP contribution in [0, 0.1) is 22.0 Å². The number of rotatable bonds is 8. The van der Waals surface area contributed by atoms with Gasteiger partial charge in [-0.15, -0.1) is 10.1 Å². The molecule has 0 saturated carbocycles. The first-order valence-electron chi connectivity index (χ1n) is 12.0. The molecule has 38 heavy (non-hydrogen) atoms. The number of hydrogen-bond acceptors (Lipinski definition) is 7. The van der Waals surface area contributed by atoms with Crippen molar-refractivity contribution in [2.24, 2.45) is 0 Å². The molecular weight excluding hydrogens is 533 g/mol. The number of aromatic nitrogens is 2. The fraction of sp³-hybridized carbons (Fsp3) is 0.308. The molecule has 1 aliphatic rings. The quantitative estimate of drug-likeness (QED) is 0.182. The molecule has 2 N–H and O–H groups in total. The minimum Gasteiger partial charge on any atom is -0.390 e. The van der Waals surface area contributed by atoms with Gasteiger partial charge in [0.25, 0.3) is 11.0 Å². The molecule has 2 heterocycles. The van der Waals surface area contributed by atoms with Crippen molar-refractivity contribution in [2.45, 2.75) is 32.3 Å². The van der Waals surface area contributed by atoms with Gasteiger partial charge in [-0.25, -0.2) is 9.99 Å². The highest BCUT2D eigenvalue weighted by Crippen LogP contribution is 2.33. The molecule has 1 amide bonds. The van der Waals surface area contributed by atoms with Gasteiger partial charge in [0.1, 0.15) is 12.4 Å². The number of benzene rings is 2. The highest BCUT2D eigenvalue weighted by molar-refractivity contribution is 6.36. The van der Waals surface area contributed by atoms with E-state index in [-0.39, 0.29) is 18.7 Å². The number of aliphatic hydroxyl groups is 1. The summed E-state index contributed by atoms with van der Waals surface area (Å²) >= 11 is 12.6. The largest absolute Gasteiger partial charge is 0.390 e. The Kier molecular flexibility index (Phi) is 9.20. The van der Waals surface area contributed by atoms with Gasteiger partial charge in [-0.1, -0.05) is 41.5 Å². The lowest BCUT2D eigenvalue weighted by molar-refractivity contribution is -0.757. The Hall–Kier alpha value is -3.62. The third-order valence-corrected chi connectivity index (χ3v) is 6.46. The van der Waals surface area contributed by atoms with Crippen molar-refractivity contribution in [3.05, 3.63) is 79.6 Å². The standard InChI is InChI=1S/C26H25Cl2N5O5/c27-19-9-12-21(22(28)16-19)25-29-24(26(35)30-31-13-3-1-4-14-31)23(17-34)32(25)20-10-7-18(8-11-20)6-2-5-15-38-33(36)37/h7-12,16,34H,1,3-5,13-15,17H2,(H,30,35). The molecule has 0 atom stereocenters. The average Bonchev–Trinajstić information content (AvgIpc) is 3.29. The maximum absolute atomic E-state index is 13.3. The van der Waals surface area contributed by atoms with E-state index in [1.165, 1.54) is 0 Å². The molecule has 2 aromatic carbocycles. The Balaban J connectivity index is 1.71. The van der Waals surface area contributed by atoms with E-state index in [1.54, 1.807) is 47.0 Å². The molecule has 0 bridgehead atoms. The maximum Gasteiger partial charge on any atom is 0.294 e. The maximum atomic E-state index is 13.3. The van der Waals surface area contributed by atoms with Crippen LogP contribution in [0.2, 0.25) is 10.0 Å². The summed E-state index contributed by atoms with van der Waals surface area (Å²) in [6.07, 6.45) is 3.30. The Morgan fingerprint density at radius 3 is 2.55 bits per heavy atom. The number of halogens is 2. The van der Waals surface area contributed by atoms with Crippen LogP contribution < -0.4 is 5.43 Å². The summed E-state index contributed by atoms with van der Waals surface area (Å²) in [4.78, 5) is 32.4. The van der Waals surface area contributed by atoms with Crippen LogP contribution in [-0.4, -0.2) is 50.4 Å². The molecule has 3 aromatic rings. The molecule has 4 rings (SSSR count). The molecule has 0 spiro atoms. The molecule has 1 saturated heterocycles. The van der Waals surface area contributed by atoms with Gasteiger partial charge in [0.2, 0.25) is 0 Å². The lowest BCUT2D eigenvalue weighted by Crippen LogP contribution is -2.45. The highest BCUT2D eigenvalue weighted by Gasteiger charge is 2.26. The second-order valence-electron chi connectivity index (χ2n) is 8.49. The van der Waals surface area contributed by atoms with Gasteiger partial charge >= 0.3 is 0 Å². The molecule has 1 aromatic heterocycles. The normalized spacial score (nSPS) is 13.4. The summed E-state index contributed by atoms with van der Waals surface area (Å²) in [5, 5.41) is 22.4. The van der Waals surface area contributed by atoms with E-state index in [1.807, 2.05) is 5.01 Å². The molecule has 1 fully saturated rings. The Bertz CT molecular complexity index is 1380. The lowest BCUT2D eigenvalue weighted by atomic mass is 10.1. The van der Waals surface area contributed by atoms with Crippen LogP contribution >= 0.6 is 23.2 Å². The minimum atomic E-state index is -0.855. The average molecular weight is 558 g/mol. The van der Waals surface area contributed by atoms with Gasteiger partial charge in [-0.05, 0) is 55.3 Å². The number of aliphatic hydroxyl groups excluding tert-OH is 1. The van der Waals surface area contributed by atoms with Crippen LogP contribution in [-0.2, 0) is 11.4 Å². The van der Waals surface area contributed by atoms with E-state index in [2.05, 4.69) is 27.1 Å². The van der Waals surface area contributed by atoms with Gasteiger partial charge in [0, 0.05) is 41.3 Å². The molecule has 0 radical (unpaired) electrons. The third-order valence-electron chi connectivity index (χ3n) is 5.91. The number of carbonyl (C=O) groups is 1. The predicted octanol–water partition coefficient (Wildman–Crippen LogP) is 4.42. The Labute approximate surface area is 229 Å². The number of nitrogens with one attached hydrogen (secondary N) is 1. The zero-order chi connectivity index (χ0) is 27.1. The van der Waals surface area contributed by atoms with Crippen LogP contribution in [0.3, 0.4) is 0 Å².